The molecule has 0 unspecified atom stereocenters. The summed E-state index contributed by atoms with van der Waals surface area (Å²) in [4.78, 5) is 11.5. The van der Waals surface area contributed by atoms with Gasteiger partial charge in [0.05, 0.1) is 0 Å². The van der Waals surface area contributed by atoms with Crippen LogP contribution in [0, 0.1) is 0 Å². The van der Waals surface area contributed by atoms with Gasteiger partial charge in [-0.3, -0.25) is 0 Å². The van der Waals surface area contributed by atoms with Crippen molar-refractivity contribution in [3.8, 4) is 0 Å². The predicted octanol–water partition coefficient (Wildman–Crippen LogP) is 1.07. The van der Waals surface area contributed by atoms with Crippen LogP contribution in [0.3, 0.4) is 0 Å². The number of hydrogen-bond donors (Lipinski definition) is 0. The zero-order chi connectivity index (χ0) is 12.6. The normalized spacial score (nSPS) is 12.5. The summed E-state index contributed by atoms with van der Waals surface area (Å²) < 4.78 is 28.1. The van der Waals surface area contributed by atoms with E-state index in [9.17, 15) is 13.2 Å². The van der Waals surface area contributed by atoms with Crippen LogP contribution in [0.4, 0.5) is 4.79 Å². The van der Waals surface area contributed by atoms with Gasteiger partial charge in [-0.2, -0.15) is 9.78 Å². The van der Waals surface area contributed by atoms with Crippen molar-refractivity contribution in [1.29, 1.82) is 0 Å². The molecule has 0 N–H and O–H groups in total. The minimum Gasteiger partial charge on any atom is -0.442 e. The first kappa shape index (κ1) is 12.7. The van der Waals surface area contributed by atoms with Crippen LogP contribution < -0.4 is 0 Å². The molecular formula is C9H14N2O4S. The van der Waals surface area contributed by atoms with Gasteiger partial charge in [0.25, 0.3) is 0 Å². The number of ether oxygens (including phenoxy) is 1. The minimum atomic E-state index is -3.40. The third kappa shape index (κ3) is 3.34. The van der Waals surface area contributed by atoms with Gasteiger partial charge in [0.1, 0.15) is 5.60 Å². The van der Waals surface area contributed by atoms with E-state index in [4.69, 9.17) is 4.74 Å². The van der Waals surface area contributed by atoms with Crippen LogP contribution in [0.2, 0.25) is 0 Å². The van der Waals surface area contributed by atoms with Gasteiger partial charge in [0.15, 0.2) is 14.9 Å². The number of hydrogen-bond acceptors (Lipinski definition) is 5. The van der Waals surface area contributed by atoms with Crippen molar-refractivity contribution < 1.29 is 17.9 Å². The fourth-order valence-corrected chi connectivity index (χ4v) is 1.46. The van der Waals surface area contributed by atoms with E-state index >= 15 is 0 Å². The molecule has 16 heavy (non-hydrogen) atoms. The Bertz CT molecular complexity index is 496. The topological polar surface area (TPSA) is 78.3 Å². The third-order valence-corrected chi connectivity index (χ3v) is 2.50. The molecule has 0 saturated carbocycles. The highest BCUT2D eigenvalue weighted by Crippen LogP contribution is 2.10. The van der Waals surface area contributed by atoms with Gasteiger partial charge in [-0.1, -0.05) is 0 Å². The summed E-state index contributed by atoms with van der Waals surface area (Å²) in [6.07, 6.45) is 1.57. The molecule has 0 amide bonds. The quantitative estimate of drug-likeness (QED) is 0.740. The monoisotopic (exact) mass is 246 g/mol. The molecule has 1 rings (SSSR count). The highest BCUT2D eigenvalue weighted by molar-refractivity contribution is 7.90. The maximum atomic E-state index is 11.5. The van der Waals surface area contributed by atoms with Crippen molar-refractivity contribution in [3.63, 3.8) is 0 Å². The summed E-state index contributed by atoms with van der Waals surface area (Å²) in [5.41, 5.74) is -0.645. The fourth-order valence-electron chi connectivity index (χ4n) is 0.915. The molecule has 0 spiro atoms. The van der Waals surface area contributed by atoms with Crippen molar-refractivity contribution in [2.24, 2.45) is 0 Å². The van der Waals surface area contributed by atoms with E-state index in [0.29, 0.717) is 0 Å². The Kier molecular flexibility index (Phi) is 3.09. The number of nitrogens with zero attached hydrogens (tertiary/aromatic N) is 2. The number of rotatable bonds is 1. The molecule has 0 fully saturated rings. The van der Waals surface area contributed by atoms with Crippen LogP contribution in [-0.4, -0.2) is 36.1 Å². The van der Waals surface area contributed by atoms with E-state index in [-0.39, 0.29) is 5.03 Å². The van der Waals surface area contributed by atoms with Gasteiger partial charge < -0.3 is 4.74 Å². The van der Waals surface area contributed by atoms with Crippen LogP contribution in [0.5, 0.6) is 0 Å². The lowest BCUT2D eigenvalue weighted by molar-refractivity contribution is 0.0512. The Balaban J connectivity index is 2.92. The van der Waals surface area contributed by atoms with Gasteiger partial charge in [0, 0.05) is 12.5 Å². The Morgan fingerprint density at radius 2 is 2.00 bits per heavy atom. The fraction of sp³-hybridized carbons (Fsp3) is 0.556. The average Bonchev–Trinajstić information content (AvgIpc) is 2.46. The van der Waals surface area contributed by atoms with E-state index in [1.165, 1.54) is 12.3 Å². The Morgan fingerprint density at radius 1 is 1.44 bits per heavy atom. The number of carbonyl (C=O) groups excluding carboxylic acids is 1. The van der Waals surface area contributed by atoms with Gasteiger partial charge in [-0.15, -0.1) is 0 Å². The molecule has 0 aliphatic heterocycles. The molecule has 1 aromatic heterocycles. The molecule has 0 aliphatic carbocycles. The second kappa shape index (κ2) is 3.89. The van der Waals surface area contributed by atoms with Crippen molar-refractivity contribution in [3.05, 3.63) is 12.3 Å². The third-order valence-electron chi connectivity index (χ3n) is 1.53. The molecule has 1 heterocycles. The molecule has 90 valence electrons. The lowest BCUT2D eigenvalue weighted by Crippen LogP contribution is -2.27. The average molecular weight is 246 g/mol. The molecule has 0 radical (unpaired) electrons. The van der Waals surface area contributed by atoms with E-state index in [1.807, 2.05) is 0 Å². The first-order valence-corrected chi connectivity index (χ1v) is 6.48. The summed E-state index contributed by atoms with van der Waals surface area (Å²) >= 11 is 0. The Labute approximate surface area is 94.1 Å². The first-order valence-electron chi connectivity index (χ1n) is 4.59. The lowest BCUT2D eigenvalue weighted by Gasteiger charge is -2.18. The molecule has 0 aliphatic rings. The summed E-state index contributed by atoms with van der Waals surface area (Å²) in [6.45, 7) is 5.14. The largest absolute Gasteiger partial charge is 0.442 e. The second-order valence-corrected chi connectivity index (χ2v) is 6.31. The van der Waals surface area contributed by atoms with Crippen LogP contribution in [0.15, 0.2) is 17.3 Å². The molecule has 0 bridgehead atoms. The minimum absolute atomic E-state index is 0.154. The molecule has 6 nitrogen and oxygen atoms in total. The maximum Gasteiger partial charge on any atom is 0.435 e. The molecule has 0 aromatic carbocycles. The molecule has 0 saturated heterocycles. The molecule has 7 heteroatoms. The molecule has 0 atom stereocenters. The Hall–Kier alpha value is -1.37. The Morgan fingerprint density at radius 3 is 2.38 bits per heavy atom. The molecule has 1 aromatic rings. The van der Waals surface area contributed by atoms with Crippen molar-refractivity contribution >= 4 is 15.9 Å². The van der Waals surface area contributed by atoms with E-state index in [1.54, 1.807) is 20.8 Å². The van der Waals surface area contributed by atoms with Gasteiger partial charge in [-0.05, 0) is 26.8 Å². The summed E-state index contributed by atoms with van der Waals surface area (Å²) in [5.74, 6) is 0. The lowest BCUT2D eigenvalue weighted by atomic mass is 10.2. The van der Waals surface area contributed by atoms with Crippen molar-refractivity contribution in [1.82, 2.24) is 9.78 Å². The zero-order valence-corrected chi connectivity index (χ0v) is 10.4. The molecular weight excluding hydrogens is 232 g/mol. The summed E-state index contributed by atoms with van der Waals surface area (Å²) in [6, 6.07) is 1.25. The number of aromatic nitrogens is 2. The van der Waals surface area contributed by atoms with Crippen LogP contribution in [-0.2, 0) is 14.6 Å². The van der Waals surface area contributed by atoms with Crippen molar-refractivity contribution in [2.45, 2.75) is 31.4 Å². The van der Waals surface area contributed by atoms with Crippen LogP contribution in [0.25, 0.3) is 0 Å². The number of sulfone groups is 1. The second-order valence-electron chi connectivity index (χ2n) is 4.35. The zero-order valence-electron chi connectivity index (χ0n) is 9.59. The van der Waals surface area contributed by atoms with Gasteiger partial charge in [0.2, 0.25) is 0 Å². The summed E-state index contributed by atoms with van der Waals surface area (Å²) in [7, 11) is -3.40. The first-order chi connectivity index (χ1) is 7.09. The predicted molar refractivity (Wildman–Crippen MR) is 57.0 cm³/mol. The smallest absolute Gasteiger partial charge is 0.435 e. The highest BCUT2D eigenvalue weighted by atomic mass is 32.2. The highest BCUT2D eigenvalue weighted by Gasteiger charge is 2.20. The summed E-state index contributed by atoms with van der Waals surface area (Å²) in [5, 5.41) is 3.47. The van der Waals surface area contributed by atoms with Crippen LogP contribution in [0.1, 0.15) is 20.8 Å². The van der Waals surface area contributed by atoms with Gasteiger partial charge >= 0.3 is 6.09 Å². The maximum absolute atomic E-state index is 11.5. The SMILES string of the molecule is CC(C)(C)OC(=O)n1ccc(S(C)(=O)=O)n1. The van der Waals surface area contributed by atoms with E-state index in [0.717, 1.165) is 10.9 Å². The standard InChI is InChI=1S/C9H14N2O4S/c1-9(2,3)15-8(12)11-6-5-7(10-11)16(4,13)14/h5-6H,1-4H3. The van der Waals surface area contributed by atoms with Gasteiger partial charge in [-0.25, -0.2) is 13.2 Å². The van der Waals surface area contributed by atoms with E-state index in [2.05, 4.69) is 5.10 Å². The van der Waals surface area contributed by atoms with E-state index < -0.39 is 21.5 Å². The van der Waals surface area contributed by atoms with Crippen LogP contribution >= 0.6 is 0 Å². The van der Waals surface area contributed by atoms with Crippen molar-refractivity contribution in [2.75, 3.05) is 6.26 Å². The number of carbonyl (C=O) groups is 1.